The van der Waals surface area contributed by atoms with Crippen molar-refractivity contribution in [1.82, 2.24) is 5.32 Å². The summed E-state index contributed by atoms with van der Waals surface area (Å²) in [6.07, 6.45) is -0.391. The van der Waals surface area contributed by atoms with Gasteiger partial charge in [-0.1, -0.05) is 60.7 Å². The van der Waals surface area contributed by atoms with Crippen LogP contribution in [0.15, 0.2) is 84.9 Å². The van der Waals surface area contributed by atoms with Crippen LogP contribution in [0.25, 0.3) is 0 Å². The van der Waals surface area contributed by atoms with Gasteiger partial charge in [0, 0.05) is 12.0 Å². The zero-order valence-corrected chi connectivity index (χ0v) is 18.3. The van der Waals surface area contributed by atoms with E-state index in [1.54, 1.807) is 12.1 Å². The molecule has 1 amide bonds. The smallest absolute Gasteiger partial charge is 0.408 e. The largest absolute Gasteiger partial charge is 0.445 e. The van der Waals surface area contributed by atoms with Crippen LogP contribution in [-0.2, 0) is 22.6 Å². The van der Waals surface area contributed by atoms with E-state index in [4.69, 9.17) is 15.2 Å². The molecule has 0 unspecified atom stereocenters. The third-order valence-corrected chi connectivity index (χ3v) is 4.83. The van der Waals surface area contributed by atoms with Gasteiger partial charge in [-0.25, -0.2) is 9.59 Å². The Labute approximate surface area is 192 Å². The topological polar surface area (TPSA) is 108 Å². The average molecular weight is 447 g/mol. The molecule has 33 heavy (non-hydrogen) atoms. The minimum Gasteiger partial charge on any atom is -0.445 e. The molecule has 2 atom stereocenters. The highest BCUT2D eigenvalue weighted by Crippen LogP contribution is 2.16. The lowest BCUT2D eigenvalue weighted by Gasteiger charge is -2.18. The number of nitrogens with one attached hydrogen (secondary N) is 1. The van der Waals surface area contributed by atoms with Crippen molar-refractivity contribution in [2.24, 2.45) is 5.73 Å². The maximum Gasteiger partial charge on any atom is 0.408 e. The second-order valence-corrected chi connectivity index (χ2v) is 7.55. The molecule has 3 rings (SSSR count). The third kappa shape index (κ3) is 7.29. The van der Waals surface area contributed by atoms with Crippen LogP contribution in [0.2, 0.25) is 0 Å². The summed E-state index contributed by atoms with van der Waals surface area (Å²) in [5.41, 5.74) is 7.60. The summed E-state index contributed by atoms with van der Waals surface area (Å²) in [7, 11) is 0. The van der Waals surface area contributed by atoms with Crippen LogP contribution in [0.5, 0.6) is 5.75 Å². The number of carbonyl (C=O) groups excluding carboxylic acids is 3. The van der Waals surface area contributed by atoms with Gasteiger partial charge in [-0.05, 0) is 42.3 Å². The zero-order chi connectivity index (χ0) is 23.6. The summed E-state index contributed by atoms with van der Waals surface area (Å²) in [4.78, 5) is 37.3. The van der Waals surface area contributed by atoms with Crippen LogP contribution in [0.3, 0.4) is 0 Å². The maximum atomic E-state index is 13.2. The fraction of sp³-hybridized carbons (Fsp3) is 0.192. The van der Waals surface area contributed by atoms with Crippen LogP contribution in [-0.4, -0.2) is 29.9 Å². The van der Waals surface area contributed by atoms with Crippen molar-refractivity contribution in [2.75, 3.05) is 0 Å². The molecule has 0 heterocycles. The van der Waals surface area contributed by atoms with Gasteiger partial charge in [-0.3, -0.25) is 4.79 Å². The Hall–Kier alpha value is -3.97. The number of benzene rings is 3. The number of hydrogen-bond donors (Lipinski definition) is 2. The molecular weight excluding hydrogens is 420 g/mol. The normalized spacial score (nSPS) is 12.3. The molecule has 170 valence electrons. The van der Waals surface area contributed by atoms with Gasteiger partial charge < -0.3 is 20.5 Å². The Morgan fingerprint density at radius 1 is 0.848 bits per heavy atom. The highest BCUT2D eigenvalue weighted by atomic mass is 16.5. The standard InChI is InChI=1S/C26H26N2O5/c1-18(27)25(30)33-22-14-12-21(13-15-22)24(29)23(16-19-8-4-2-5-9-19)28-26(31)32-17-20-10-6-3-7-11-20/h2-15,18,23H,16-17,27H2,1H3,(H,28,31)/t18-,23-/m0/s1. The van der Waals surface area contributed by atoms with Gasteiger partial charge in [-0.15, -0.1) is 0 Å². The van der Waals surface area contributed by atoms with E-state index >= 15 is 0 Å². The predicted octanol–water partition coefficient (Wildman–Crippen LogP) is 3.66. The fourth-order valence-corrected chi connectivity index (χ4v) is 3.06. The molecule has 0 aromatic heterocycles. The van der Waals surface area contributed by atoms with Crippen LogP contribution in [0.1, 0.15) is 28.4 Å². The number of amides is 1. The molecule has 0 saturated carbocycles. The van der Waals surface area contributed by atoms with E-state index in [1.807, 2.05) is 60.7 Å². The molecule has 3 aromatic carbocycles. The Bertz CT molecular complexity index is 1070. The van der Waals surface area contributed by atoms with Crippen molar-refractivity contribution >= 4 is 17.8 Å². The number of hydrogen-bond acceptors (Lipinski definition) is 6. The molecular formula is C26H26N2O5. The van der Waals surface area contributed by atoms with Crippen LogP contribution >= 0.6 is 0 Å². The summed E-state index contributed by atoms with van der Waals surface area (Å²) >= 11 is 0. The number of ether oxygens (including phenoxy) is 2. The molecule has 0 aliphatic rings. The first-order valence-electron chi connectivity index (χ1n) is 10.5. The predicted molar refractivity (Wildman–Crippen MR) is 124 cm³/mol. The van der Waals surface area contributed by atoms with Gasteiger partial charge in [-0.2, -0.15) is 0 Å². The third-order valence-electron chi connectivity index (χ3n) is 4.83. The first-order valence-corrected chi connectivity index (χ1v) is 10.5. The van der Waals surface area contributed by atoms with Crippen molar-refractivity contribution in [1.29, 1.82) is 0 Å². The number of carbonyl (C=O) groups is 3. The lowest BCUT2D eigenvalue weighted by molar-refractivity contribution is -0.135. The highest BCUT2D eigenvalue weighted by Gasteiger charge is 2.23. The molecule has 0 bridgehead atoms. The maximum absolute atomic E-state index is 13.2. The van der Waals surface area contributed by atoms with Crippen LogP contribution in [0.4, 0.5) is 4.79 Å². The first kappa shape index (κ1) is 23.7. The quantitative estimate of drug-likeness (QED) is 0.295. The Kier molecular flexibility index (Phi) is 8.32. The van der Waals surface area contributed by atoms with E-state index in [9.17, 15) is 14.4 Å². The Morgan fingerprint density at radius 2 is 1.42 bits per heavy atom. The number of esters is 1. The van der Waals surface area contributed by atoms with E-state index in [-0.39, 0.29) is 18.1 Å². The molecule has 0 saturated heterocycles. The summed E-state index contributed by atoms with van der Waals surface area (Å²) in [6.45, 7) is 1.62. The Balaban J connectivity index is 1.70. The number of Topliss-reactive ketones (excluding diaryl/α,β-unsaturated/α-hetero) is 1. The molecule has 0 fully saturated rings. The second-order valence-electron chi connectivity index (χ2n) is 7.55. The van der Waals surface area contributed by atoms with Crippen LogP contribution in [0, 0.1) is 0 Å². The summed E-state index contributed by atoms with van der Waals surface area (Å²) in [6, 6.07) is 23.2. The van der Waals surface area contributed by atoms with Crippen molar-refractivity contribution in [3.05, 3.63) is 102 Å². The van der Waals surface area contributed by atoms with E-state index in [0.29, 0.717) is 12.0 Å². The Morgan fingerprint density at radius 3 is 2.00 bits per heavy atom. The molecule has 7 heteroatoms. The van der Waals surface area contributed by atoms with Gasteiger partial charge in [0.1, 0.15) is 18.4 Å². The fourth-order valence-electron chi connectivity index (χ4n) is 3.06. The first-order chi connectivity index (χ1) is 15.9. The van der Waals surface area contributed by atoms with Crippen molar-refractivity contribution in [3.63, 3.8) is 0 Å². The zero-order valence-electron chi connectivity index (χ0n) is 18.3. The highest BCUT2D eigenvalue weighted by molar-refractivity contribution is 6.01. The average Bonchev–Trinajstić information content (AvgIpc) is 2.83. The number of ketones is 1. The molecule has 7 nitrogen and oxygen atoms in total. The van der Waals surface area contributed by atoms with Gasteiger partial charge in [0.2, 0.25) is 0 Å². The number of rotatable bonds is 9. The lowest BCUT2D eigenvalue weighted by atomic mass is 9.97. The minimum atomic E-state index is -0.840. The molecule has 0 spiro atoms. The van der Waals surface area contributed by atoms with Crippen molar-refractivity contribution < 1.29 is 23.9 Å². The van der Waals surface area contributed by atoms with E-state index in [1.165, 1.54) is 19.1 Å². The monoisotopic (exact) mass is 446 g/mol. The van der Waals surface area contributed by atoms with E-state index < -0.39 is 24.1 Å². The molecule has 0 aliphatic carbocycles. The molecule has 0 radical (unpaired) electrons. The molecule has 3 aromatic rings. The summed E-state index contributed by atoms with van der Waals surface area (Å²) < 4.78 is 10.4. The van der Waals surface area contributed by atoms with E-state index in [0.717, 1.165) is 11.1 Å². The molecule has 3 N–H and O–H groups in total. The number of nitrogens with two attached hydrogens (primary N) is 1. The molecule has 0 aliphatic heterocycles. The van der Waals surface area contributed by atoms with E-state index in [2.05, 4.69) is 5.32 Å². The lowest BCUT2D eigenvalue weighted by Crippen LogP contribution is -2.42. The summed E-state index contributed by atoms with van der Waals surface area (Å²) in [5, 5.41) is 2.68. The van der Waals surface area contributed by atoms with Gasteiger partial charge in [0.05, 0.1) is 6.04 Å². The van der Waals surface area contributed by atoms with Gasteiger partial charge in [0.25, 0.3) is 0 Å². The van der Waals surface area contributed by atoms with Gasteiger partial charge in [0.15, 0.2) is 5.78 Å². The minimum absolute atomic E-state index is 0.0958. The number of alkyl carbamates (subject to hydrolysis) is 1. The van der Waals surface area contributed by atoms with Gasteiger partial charge >= 0.3 is 12.1 Å². The van der Waals surface area contributed by atoms with Crippen molar-refractivity contribution in [2.45, 2.75) is 32.0 Å². The van der Waals surface area contributed by atoms with Crippen molar-refractivity contribution in [3.8, 4) is 5.75 Å². The summed E-state index contributed by atoms with van der Waals surface area (Å²) in [5.74, 6) is -0.580. The SMILES string of the molecule is C[C@H](N)C(=O)Oc1ccc(C(=O)[C@H](Cc2ccccc2)NC(=O)OCc2ccccc2)cc1. The van der Waals surface area contributed by atoms with Crippen LogP contribution < -0.4 is 15.8 Å². The second kappa shape index (κ2) is 11.6.